The maximum absolute atomic E-state index is 12.4. The standard InChI is InChI=1S/C17H24N4O2S/c1-5-12(6-2)15(13-8-7-9-24-13)19-17(23)16(22)18-14-10-11(3)20-21(14)4/h7-10,12,15H,5-6H2,1-4H3,(H,18,22)(H,19,23). The SMILES string of the molecule is CCC(CC)C(NC(=O)C(=O)Nc1cc(C)nn1C)c1cccs1. The molecular weight excluding hydrogens is 324 g/mol. The minimum atomic E-state index is -0.675. The summed E-state index contributed by atoms with van der Waals surface area (Å²) in [6.45, 7) is 6.02. The second-order valence-electron chi connectivity index (χ2n) is 5.79. The van der Waals surface area contributed by atoms with Gasteiger partial charge in [-0.1, -0.05) is 32.8 Å². The number of nitrogens with one attached hydrogen (secondary N) is 2. The molecule has 6 nitrogen and oxygen atoms in total. The van der Waals surface area contributed by atoms with Crippen molar-refractivity contribution < 1.29 is 9.59 Å². The Morgan fingerprint density at radius 3 is 2.50 bits per heavy atom. The van der Waals surface area contributed by atoms with E-state index in [0.29, 0.717) is 11.7 Å². The first-order chi connectivity index (χ1) is 11.5. The number of hydrogen-bond donors (Lipinski definition) is 2. The summed E-state index contributed by atoms with van der Waals surface area (Å²) in [5.41, 5.74) is 0.779. The van der Waals surface area contributed by atoms with Crippen molar-refractivity contribution in [2.45, 2.75) is 39.7 Å². The second-order valence-corrected chi connectivity index (χ2v) is 6.77. The molecule has 0 radical (unpaired) electrons. The van der Waals surface area contributed by atoms with Gasteiger partial charge < -0.3 is 10.6 Å². The van der Waals surface area contributed by atoms with Crippen LogP contribution in [0.15, 0.2) is 23.6 Å². The van der Waals surface area contributed by atoms with E-state index in [4.69, 9.17) is 0 Å². The molecule has 0 spiro atoms. The summed E-state index contributed by atoms with van der Waals surface area (Å²) < 4.78 is 1.54. The van der Waals surface area contributed by atoms with Gasteiger partial charge in [0.05, 0.1) is 11.7 Å². The number of thiophene rings is 1. The molecule has 2 amide bonds. The number of rotatable bonds is 6. The Labute approximate surface area is 146 Å². The largest absolute Gasteiger partial charge is 0.340 e. The number of anilines is 1. The van der Waals surface area contributed by atoms with Gasteiger partial charge in [-0.15, -0.1) is 11.3 Å². The lowest BCUT2D eigenvalue weighted by Crippen LogP contribution is -2.40. The van der Waals surface area contributed by atoms with E-state index in [2.05, 4.69) is 29.6 Å². The number of hydrogen-bond acceptors (Lipinski definition) is 4. The molecule has 2 aromatic rings. The highest BCUT2D eigenvalue weighted by molar-refractivity contribution is 7.10. The molecule has 2 heterocycles. The molecular formula is C17H24N4O2S. The zero-order valence-electron chi connectivity index (χ0n) is 14.5. The Morgan fingerprint density at radius 2 is 2.00 bits per heavy atom. The predicted molar refractivity (Wildman–Crippen MR) is 95.8 cm³/mol. The van der Waals surface area contributed by atoms with Crippen molar-refractivity contribution in [2.75, 3.05) is 5.32 Å². The normalized spacial score (nSPS) is 12.2. The molecule has 0 saturated carbocycles. The zero-order chi connectivity index (χ0) is 17.7. The summed E-state index contributed by atoms with van der Waals surface area (Å²) in [6.07, 6.45) is 1.86. The fraction of sp³-hybridized carbons (Fsp3) is 0.471. The smallest absolute Gasteiger partial charge is 0.314 e. The van der Waals surface area contributed by atoms with Gasteiger partial charge in [0.15, 0.2) is 0 Å². The van der Waals surface area contributed by atoms with E-state index in [1.807, 2.05) is 24.4 Å². The number of amides is 2. The topological polar surface area (TPSA) is 76.0 Å². The van der Waals surface area contributed by atoms with Crippen molar-refractivity contribution >= 4 is 29.0 Å². The van der Waals surface area contributed by atoms with Crippen LogP contribution in [-0.4, -0.2) is 21.6 Å². The van der Waals surface area contributed by atoms with Crippen molar-refractivity contribution in [1.29, 1.82) is 0 Å². The molecule has 0 saturated heterocycles. The van der Waals surface area contributed by atoms with Crippen LogP contribution < -0.4 is 10.6 Å². The Kier molecular flexibility index (Phi) is 6.14. The van der Waals surface area contributed by atoms with E-state index in [-0.39, 0.29) is 6.04 Å². The van der Waals surface area contributed by atoms with Crippen LogP contribution in [0.25, 0.3) is 0 Å². The van der Waals surface area contributed by atoms with E-state index in [1.54, 1.807) is 24.5 Å². The molecule has 1 atom stereocenters. The van der Waals surface area contributed by atoms with Crippen molar-refractivity contribution in [1.82, 2.24) is 15.1 Å². The van der Waals surface area contributed by atoms with E-state index in [9.17, 15) is 9.59 Å². The molecule has 0 bridgehead atoms. The lowest BCUT2D eigenvalue weighted by molar-refractivity contribution is -0.136. The van der Waals surface area contributed by atoms with Crippen molar-refractivity contribution in [3.05, 3.63) is 34.2 Å². The molecule has 1 unspecified atom stereocenters. The van der Waals surface area contributed by atoms with E-state index in [1.165, 1.54) is 4.68 Å². The molecule has 0 aliphatic heterocycles. The van der Waals surface area contributed by atoms with E-state index >= 15 is 0 Å². The van der Waals surface area contributed by atoms with Crippen molar-refractivity contribution in [3.8, 4) is 0 Å². The van der Waals surface area contributed by atoms with Gasteiger partial charge in [0.2, 0.25) is 0 Å². The molecule has 0 aliphatic carbocycles. The highest BCUT2D eigenvalue weighted by Crippen LogP contribution is 2.30. The number of aryl methyl sites for hydroxylation is 2. The highest BCUT2D eigenvalue weighted by atomic mass is 32.1. The summed E-state index contributed by atoms with van der Waals surface area (Å²) in [5.74, 6) is -0.508. The third kappa shape index (κ3) is 4.23. The summed E-state index contributed by atoms with van der Waals surface area (Å²) in [6, 6.07) is 5.53. The van der Waals surface area contributed by atoms with Gasteiger partial charge in [-0.2, -0.15) is 5.10 Å². The fourth-order valence-electron chi connectivity index (χ4n) is 2.76. The third-order valence-electron chi connectivity index (χ3n) is 4.11. The molecule has 0 fully saturated rings. The van der Waals surface area contributed by atoms with E-state index in [0.717, 1.165) is 23.4 Å². The van der Waals surface area contributed by atoms with Crippen LogP contribution in [0.5, 0.6) is 0 Å². The average molecular weight is 348 g/mol. The Bertz CT molecular complexity index is 690. The van der Waals surface area contributed by atoms with Gasteiger partial charge in [-0.05, 0) is 24.3 Å². The molecule has 0 aliphatic rings. The zero-order valence-corrected chi connectivity index (χ0v) is 15.3. The number of carbonyl (C=O) groups excluding carboxylic acids is 2. The highest BCUT2D eigenvalue weighted by Gasteiger charge is 2.26. The first kappa shape index (κ1) is 18.2. The molecule has 2 rings (SSSR count). The summed E-state index contributed by atoms with van der Waals surface area (Å²) in [4.78, 5) is 25.6. The van der Waals surface area contributed by atoms with Gasteiger partial charge in [0.1, 0.15) is 5.82 Å². The van der Waals surface area contributed by atoms with Gasteiger partial charge in [0.25, 0.3) is 0 Å². The Hall–Kier alpha value is -2.15. The van der Waals surface area contributed by atoms with Crippen molar-refractivity contribution in [3.63, 3.8) is 0 Å². The lowest BCUT2D eigenvalue weighted by atomic mass is 9.93. The molecule has 2 aromatic heterocycles. The lowest BCUT2D eigenvalue weighted by Gasteiger charge is -2.25. The van der Waals surface area contributed by atoms with Crippen LogP contribution in [0.4, 0.5) is 5.82 Å². The molecule has 0 aromatic carbocycles. The maximum atomic E-state index is 12.4. The molecule has 7 heteroatoms. The van der Waals surface area contributed by atoms with Gasteiger partial charge in [-0.25, -0.2) is 0 Å². The molecule has 130 valence electrons. The van der Waals surface area contributed by atoms with Gasteiger partial charge in [-0.3, -0.25) is 14.3 Å². The van der Waals surface area contributed by atoms with Crippen LogP contribution in [0.1, 0.15) is 43.3 Å². The third-order valence-corrected chi connectivity index (χ3v) is 5.06. The fourth-order valence-corrected chi connectivity index (χ4v) is 3.63. The first-order valence-electron chi connectivity index (χ1n) is 8.12. The second kappa shape index (κ2) is 8.10. The van der Waals surface area contributed by atoms with Crippen LogP contribution in [0.2, 0.25) is 0 Å². The Balaban J connectivity index is 2.09. The van der Waals surface area contributed by atoms with E-state index < -0.39 is 11.8 Å². The minimum Gasteiger partial charge on any atom is -0.340 e. The summed E-state index contributed by atoms with van der Waals surface area (Å²) in [5, 5.41) is 11.6. The molecule has 2 N–H and O–H groups in total. The maximum Gasteiger partial charge on any atom is 0.314 e. The number of aromatic nitrogens is 2. The monoisotopic (exact) mass is 348 g/mol. The average Bonchev–Trinajstić information content (AvgIpc) is 3.17. The Morgan fingerprint density at radius 1 is 1.29 bits per heavy atom. The predicted octanol–water partition coefficient (Wildman–Crippen LogP) is 3.02. The van der Waals surface area contributed by atoms with Crippen molar-refractivity contribution in [2.24, 2.45) is 13.0 Å². The van der Waals surface area contributed by atoms with Gasteiger partial charge in [0, 0.05) is 18.0 Å². The minimum absolute atomic E-state index is 0.147. The quantitative estimate of drug-likeness (QED) is 0.788. The summed E-state index contributed by atoms with van der Waals surface area (Å²) >= 11 is 1.59. The van der Waals surface area contributed by atoms with Crippen LogP contribution >= 0.6 is 11.3 Å². The molecule has 24 heavy (non-hydrogen) atoms. The number of nitrogens with zero attached hydrogens (tertiary/aromatic N) is 2. The van der Waals surface area contributed by atoms with Crippen LogP contribution in [0, 0.1) is 12.8 Å². The first-order valence-corrected chi connectivity index (χ1v) is 9.00. The van der Waals surface area contributed by atoms with Gasteiger partial charge >= 0.3 is 11.8 Å². The summed E-state index contributed by atoms with van der Waals surface area (Å²) in [7, 11) is 1.72. The van der Waals surface area contributed by atoms with Crippen LogP contribution in [-0.2, 0) is 16.6 Å². The van der Waals surface area contributed by atoms with Crippen LogP contribution in [0.3, 0.4) is 0 Å². The number of carbonyl (C=O) groups is 2.